The van der Waals surface area contributed by atoms with E-state index in [2.05, 4.69) is 5.16 Å². The van der Waals surface area contributed by atoms with Gasteiger partial charge in [0.25, 0.3) is 0 Å². The van der Waals surface area contributed by atoms with E-state index in [0.29, 0.717) is 12.1 Å². The van der Waals surface area contributed by atoms with Gasteiger partial charge in [-0.1, -0.05) is 29.4 Å². The molecular weight excluding hydrogens is 342 g/mol. The molecule has 0 saturated carbocycles. The molecule has 0 fully saturated rings. The summed E-state index contributed by atoms with van der Waals surface area (Å²) in [4.78, 5) is 4.89. The van der Waals surface area contributed by atoms with Gasteiger partial charge in [0.15, 0.2) is 0 Å². The van der Waals surface area contributed by atoms with E-state index >= 15 is 0 Å². The maximum atomic E-state index is 9.11. The average Bonchev–Trinajstić information content (AvgIpc) is 3.15. The van der Waals surface area contributed by atoms with E-state index in [1.165, 1.54) is 7.11 Å². The fraction of sp³-hybridized carbons (Fsp3) is 0.238. The van der Waals surface area contributed by atoms with Gasteiger partial charge in [-0.05, 0) is 49.2 Å². The third-order valence-electron chi connectivity index (χ3n) is 4.28. The summed E-state index contributed by atoms with van der Waals surface area (Å²) in [7, 11) is 3.16. The molecule has 1 N–H and O–H groups in total. The van der Waals surface area contributed by atoms with Gasteiger partial charge in [-0.3, -0.25) is 0 Å². The van der Waals surface area contributed by atoms with Gasteiger partial charge >= 0.3 is 0 Å². The smallest absolute Gasteiger partial charge is 0.119 e. The number of hydrogen-bond acceptors (Lipinski definition) is 5. The van der Waals surface area contributed by atoms with Crippen LogP contribution in [-0.4, -0.2) is 41.4 Å². The number of methoxy groups -OCH3 is 1. The SMILES string of the molecule is CON=C(C)c1cc(-c2ccc(CCO)cc2)n(-c2ccc(OC)cc2)n1. The fourth-order valence-corrected chi connectivity index (χ4v) is 2.84. The molecule has 6 heteroatoms. The highest BCUT2D eigenvalue weighted by atomic mass is 16.6. The average molecular weight is 365 g/mol. The third-order valence-corrected chi connectivity index (χ3v) is 4.28. The molecule has 0 aliphatic carbocycles. The Labute approximate surface area is 158 Å². The quantitative estimate of drug-likeness (QED) is 0.514. The Morgan fingerprint density at radius 3 is 2.37 bits per heavy atom. The molecule has 0 unspecified atom stereocenters. The second-order valence-electron chi connectivity index (χ2n) is 6.05. The molecule has 0 radical (unpaired) electrons. The van der Waals surface area contributed by atoms with E-state index in [1.54, 1.807) is 7.11 Å². The molecule has 1 heterocycles. The van der Waals surface area contributed by atoms with Crippen molar-refractivity contribution in [2.75, 3.05) is 20.8 Å². The number of aromatic nitrogens is 2. The van der Waals surface area contributed by atoms with Gasteiger partial charge < -0.3 is 14.7 Å². The van der Waals surface area contributed by atoms with E-state index in [-0.39, 0.29) is 6.61 Å². The molecule has 0 amide bonds. The van der Waals surface area contributed by atoms with Crippen LogP contribution in [0.1, 0.15) is 18.2 Å². The van der Waals surface area contributed by atoms with E-state index in [1.807, 2.05) is 66.2 Å². The maximum Gasteiger partial charge on any atom is 0.119 e. The van der Waals surface area contributed by atoms with Crippen LogP contribution in [0.25, 0.3) is 16.9 Å². The number of hydrogen-bond donors (Lipinski definition) is 1. The van der Waals surface area contributed by atoms with Crippen molar-refractivity contribution in [2.45, 2.75) is 13.3 Å². The highest BCUT2D eigenvalue weighted by Gasteiger charge is 2.14. The van der Waals surface area contributed by atoms with Crippen molar-refractivity contribution in [3.63, 3.8) is 0 Å². The standard InChI is InChI=1S/C21H23N3O3/c1-15(23-27-3)20-14-21(17-6-4-16(5-7-17)12-13-25)24(22-20)18-8-10-19(26-2)11-9-18/h4-11,14,25H,12-13H2,1-3H3. The first-order chi connectivity index (χ1) is 13.2. The molecule has 6 nitrogen and oxygen atoms in total. The molecule has 0 atom stereocenters. The second-order valence-corrected chi connectivity index (χ2v) is 6.05. The predicted molar refractivity (Wildman–Crippen MR) is 106 cm³/mol. The molecule has 0 spiro atoms. The molecule has 3 aromatic rings. The monoisotopic (exact) mass is 365 g/mol. The summed E-state index contributed by atoms with van der Waals surface area (Å²) < 4.78 is 7.13. The van der Waals surface area contributed by atoms with Crippen LogP contribution in [0.4, 0.5) is 0 Å². The minimum absolute atomic E-state index is 0.139. The van der Waals surface area contributed by atoms with E-state index < -0.39 is 0 Å². The molecular formula is C21H23N3O3. The van der Waals surface area contributed by atoms with Gasteiger partial charge in [0.1, 0.15) is 24.3 Å². The van der Waals surface area contributed by atoms with Gasteiger partial charge in [-0.2, -0.15) is 5.10 Å². The lowest BCUT2D eigenvalue weighted by Gasteiger charge is -2.09. The van der Waals surface area contributed by atoms with Crippen molar-refractivity contribution in [1.29, 1.82) is 0 Å². The number of nitrogens with zero attached hydrogens (tertiary/aromatic N) is 3. The van der Waals surface area contributed by atoms with Crippen molar-refractivity contribution >= 4 is 5.71 Å². The summed E-state index contributed by atoms with van der Waals surface area (Å²) in [6.45, 7) is 2.00. The molecule has 140 valence electrons. The van der Waals surface area contributed by atoms with Crippen molar-refractivity contribution in [2.24, 2.45) is 5.16 Å². The molecule has 3 rings (SSSR count). The number of oxime groups is 1. The normalized spacial score (nSPS) is 11.5. The lowest BCUT2D eigenvalue weighted by Crippen LogP contribution is -2.02. The van der Waals surface area contributed by atoms with Crippen LogP contribution in [0.5, 0.6) is 5.75 Å². The van der Waals surface area contributed by atoms with Gasteiger partial charge in [0.2, 0.25) is 0 Å². The highest BCUT2D eigenvalue weighted by Crippen LogP contribution is 2.26. The molecule has 0 saturated heterocycles. The summed E-state index contributed by atoms with van der Waals surface area (Å²) in [6, 6.07) is 17.8. The van der Waals surface area contributed by atoms with Crippen LogP contribution in [0, 0.1) is 0 Å². The zero-order valence-electron chi connectivity index (χ0n) is 15.7. The first-order valence-corrected chi connectivity index (χ1v) is 8.69. The Hall–Kier alpha value is -3.12. The van der Waals surface area contributed by atoms with Crippen LogP contribution in [-0.2, 0) is 11.3 Å². The molecule has 1 aromatic heterocycles. The molecule has 27 heavy (non-hydrogen) atoms. The Balaban J connectivity index is 2.08. The number of ether oxygens (including phenoxy) is 1. The van der Waals surface area contributed by atoms with Crippen molar-refractivity contribution in [3.05, 3.63) is 65.9 Å². The minimum atomic E-state index is 0.139. The Kier molecular flexibility index (Phi) is 5.88. The van der Waals surface area contributed by atoms with Crippen molar-refractivity contribution in [1.82, 2.24) is 9.78 Å². The van der Waals surface area contributed by atoms with Gasteiger partial charge in [0.05, 0.1) is 18.5 Å². The van der Waals surface area contributed by atoms with Crippen LogP contribution in [0.15, 0.2) is 59.8 Å². The largest absolute Gasteiger partial charge is 0.497 e. The van der Waals surface area contributed by atoms with Crippen LogP contribution < -0.4 is 4.74 Å². The van der Waals surface area contributed by atoms with Crippen molar-refractivity contribution in [3.8, 4) is 22.7 Å². The third kappa shape index (κ3) is 4.17. The zero-order chi connectivity index (χ0) is 19.2. The summed E-state index contributed by atoms with van der Waals surface area (Å²) in [5.41, 5.74) is 5.41. The molecule has 0 aliphatic heterocycles. The van der Waals surface area contributed by atoms with Crippen molar-refractivity contribution < 1.29 is 14.7 Å². The number of aliphatic hydroxyl groups is 1. The first kappa shape index (κ1) is 18.7. The lowest BCUT2D eigenvalue weighted by molar-refractivity contribution is 0.213. The molecule has 2 aromatic carbocycles. The van der Waals surface area contributed by atoms with E-state index in [0.717, 1.165) is 34.0 Å². The van der Waals surface area contributed by atoms with Crippen LogP contribution in [0.3, 0.4) is 0 Å². The van der Waals surface area contributed by atoms with E-state index in [4.69, 9.17) is 19.8 Å². The lowest BCUT2D eigenvalue weighted by atomic mass is 10.1. The molecule has 0 bridgehead atoms. The van der Waals surface area contributed by atoms with Crippen LogP contribution >= 0.6 is 0 Å². The number of aliphatic hydroxyl groups excluding tert-OH is 1. The first-order valence-electron chi connectivity index (χ1n) is 8.69. The number of benzene rings is 2. The van der Waals surface area contributed by atoms with Gasteiger partial charge in [-0.15, -0.1) is 0 Å². The summed E-state index contributed by atoms with van der Waals surface area (Å²) in [5, 5.41) is 17.8. The highest BCUT2D eigenvalue weighted by molar-refractivity contribution is 5.97. The van der Waals surface area contributed by atoms with Gasteiger partial charge in [-0.25, -0.2) is 4.68 Å². The summed E-state index contributed by atoms with van der Waals surface area (Å²) in [5.74, 6) is 0.790. The minimum Gasteiger partial charge on any atom is -0.497 e. The maximum absolute atomic E-state index is 9.11. The summed E-state index contributed by atoms with van der Waals surface area (Å²) >= 11 is 0. The van der Waals surface area contributed by atoms with E-state index in [9.17, 15) is 0 Å². The van der Waals surface area contributed by atoms with Crippen LogP contribution in [0.2, 0.25) is 0 Å². The Morgan fingerprint density at radius 1 is 1.07 bits per heavy atom. The number of rotatable bonds is 7. The molecule has 0 aliphatic rings. The predicted octanol–water partition coefficient (Wildman–Crippen LogP) is 3.45. The second kappa shape index (κ2) is 8.51. The zero-order valence-corrected chi connectivity index (χ0v) is 15.7. The fourth-order valence-electron chi connectivity index (χ4n) is 2.84. The Bertz CT molecular complexity index is 913. The Morgan fingerprint density at radius 2 is 1.78 bits per heavy atom. The van der Waals surface area contributed by atoms with Gasteiger partial charge in [0, 0.05) is 12.2 Å². The summed E-state index contributed by atoms with van der Waals surface area (Å²) in [6.07, 6.45) is 0.642. The topological polar surface area (TPSA) is 68.9 Å².